The van der Waals surface area contributed by atoms with Crippen molar-refractivity contribution in [3.8, 4) is 0 Å². The van der Waals surface area contributed by atoms with Crippen LogP contribution >= 0.6 is 0 Å². The fourth-order valence-electron chi connectivity index (χ4n) is 6.18. The van der Waals surface area contributed by atoms with Crippen LogP contribution in [0.1, 0.15) is 95.6 Å². The predicted molar refractivity (Wildman–Crippen MR) is 140 cm³/mol. The van der Waals surface area contributed by atoms with Crippen molar-refractivity contribution in [3.63, 3.8) is 0 Å². The number of benzene rings is 1. The van der Waals surface area contributed by atoms with Crippen LogP contribution in [0.5, 0.6) is 0 Å². The van der Waals surface area contributed by atoms with E-state index >= 15 is 0 Å². The highest BCUT2D eigenvalue weighted by atomic mass is 16.2. The van der Waals surface area contributed by atoms with Gasteiger partial charge in [-0.15, -0.1) is 0 Å². The third kappa shape index (κ3) is 6.02. The molecule has 0 radical (unpaired) electrons. The maximum atomic E-state index is 13.8. The van der Waals surface area contributed by atoms with Gasteiger partial charge in [0.2, 0.25) is 0 Å². The molecule has 0 spiro atoms. The first kappa shape index (κ1) is 25.6. The number of hydrogen-bond donors (Lipinski definition) is 2. The van der Waals surface area contributed by atoms with E-state index in [0.717, 1.165) is 62.0 Å². The molecule has 2 atom stereocenters. The number of amides is 3. The molecule has 0 aromatic heterocycles. The molecule has 1 aromatic rings. The van der Waals surface area contributed by atoms with Gasteiger partial charge < -0.3 is 15.5 Å². The van der Waals surface area contributed by atoms with Gasteiger partial charge in [0, 0.05) is 19.1 Å². The summed E-state index contributed by atoms with van der Waals surface area (Å²) in [6, 6.07) is 8.62. The molecule has 1 saturated carbocycles. The van der Waals surface area contributed by atoms with E-state index in [1.165, 1.54) is 32.1 Å². The van der Waals surface area contributed by atoms with E-state index in [2.05, 4.69) is 55.3 Å². The Morgan fingerprint density at radius 2 is 1.69 bits per heavy atom. The molecule has 1 aromatic carbocycles. The van der Waals surface area contributed by atoms with E-state index in [-0.39, 0.29) is 18.0 Å². The summed E-state index contributed by atoms with van der Waals surface area (Å²) in [4.78, 5) is 29.8. The average Bonchev–Trinajstić information content (AvgIpc) is 3.31. The van der Waals surface area contributed by atoms with Crippen LogP contribution in [0.3, 0.4) is 0 Å². The van der Waals surface area contributed by atoms with Crippen molar-refractivity contribution in [3.05, 3.63) is 47.8 Å². The lowest BCUT2D eigenvalue weighted by atomic mass is 9.77. The Hall–Kier alpha value is -2.50. The lowest BCUT2D eigenvalue weighted by Gasteiger charge is -2.33. The summed E-state index contributed by atoms with van der Waals surface area (Å²) in [6.45, 7) is 10.5. The van der Waals surface area contributed by atoms with Crippen molar-refractivity contribution in [2.45, 2.75) is 109 Å². The molecule has 3 fully saturated rings. The molecule has 1 unspecified atom stereocenters. The summed E-state index contributed by atoms with van der Waals surface area (Å²) in [5, 5.41) is 6.65. The Balaban J connectivity index is 1.39. The third-order valence-electron chi connectivity index (χ3n) is 8.11. The van der Waals surface area contributed by atoms with Crippen LogP contribution < -0.4 is 10.6 Å². The fraction of sp³-hybridized carbons (Fsp3) is 0.655. The van der Waals surface area contributed by atoms with Crippen molar-refractivity contribution in [2.75, 3.05) is 6.54 Å². The van der Waals surface area contributed by atoms with Crippen molar-refractivity contribution >= 4 is 11.9 Å². The molecule has 3 amide bonds. The van der Waals surface area contributed by atoms with Crippen molar-refractivity contribution in [1.82, 2.24) is 20.4 Å². The summed E-state index contributed by atoms with van der Waals surface area (Å²) in [6.07, 6.45) is 12.4. The summed E-state index contributed by atoms with van der Waals surface area (Å²) in [5.41, 5.74) is 1.71. The second kappa shape index (κ2) is 11.5. The second-order valence-corrected chi connectivity index (χ2v) is 11.0. The topological polar surface area (TPSA) is 64.7 Å². The van der Waals surface area contributed by atoms with Crippen molar-refractivity contribution in [2.24, 2.45) is 5.92 Å². The molecule has 3 aliphatic rings. The van der Waals surface area contributed by atoms with Crippen LogP contribution in [0.4, 0.5) is 4.79 Å². The Morgan fingerprint density at radius 3 is 2.34 bits per heavy atom. The van der Waals surface area contributed by atoms with Gasteiger partial charge in [-0.2, -0.15) is 0 Å². The highest BCUT2D eigenvalue weighted by Gasteiger charge is 2.48. The highest BCUT2D eigenvalue weighted by Crippen LogP contribution is 2.38. The number of hydrogen-bond acceptors (Lipinski definition) is 3. The van der Waals surface area contributed by atoms with Gasteiger partial charge in [0.15, 0.2) is 0 Å². The van der Waals surface area contributed by atoms with E-state index in [4.69, 9.17) is 0 Å². The minimum atomic E-state index is -0.493. The second-order valence-electron chi connectivity index (χ2n) is 11.0. The van der Waals surface area contributed by atoms with Gasteiger partial charge in [-0.05, 0) is 36.3 Å². The number of unbranched alkanes of at least 4 members (excludes halogenated alkanes) is 1. The SMILES string of the molecule is C=C1NC(CCCC)(CC2CCCCC2)C(=O)N1Cc1ccc(CN2C[C@H](CCC)NC2=O)cc1. The molecule has 192 valence electrons. The van der Waals surface area contributed by atoms with E-state index in [1.54, 1.807) is 0 Å². The Bertz CT molecular complexity index is 892. The van der Waals surface area contributed by atoms with E-state index in [1.807, 2.05) is 9.80 Å². The van der Waals surface area contributed by atoms with Crippen LogP contribution in [0.25, 0.3) is 0 Å². The Kier molecular flexibility index (Phi) is 8.40. The minimum Gasteiger partial charge on any atom is -0.358 e. The molecular weight excluding hydrogens is 436 g/mol. The number of urea groups is 1. The molecule has 4 rings (SSSR count). The first-order chi connectivity index (χ1) is 16.9. The Morgan fingerprint density at radius 1 is 1.00 bits per heavy atom. The quantitative estimate of drug-likeness (QED) is 0.428. The monoisotopic (exact) mass is 480 g/mol. The van der Waals surface area contributed by atoms with Gasteiger partial charge >= 0.3 is 6.03 Å². The maximum Gasteiger partial charge on any atom is 0.318 e. The first-order valence-electron chi connectivity index (χ1n) is 13.9. The smallest absolute Gasteiger partial charge is 0.318 e. The molecule has 2 heterocycles. The molecule has 2 aliphatic heterocycles. The highest BCUT2D eigenvalue weighted by molar-refractivity contribution is 5.90. The standard InChI is InChI=1S/C29H44N4O2/c1-4-6-17-29(18-23-11-8-7-9-12-23)27(34)33(22(3)31-29)20-25-15-13-24(14-16-25)19-32-21-26(10-5-2)30-28(32)35/h13-16,23,26,31H,3-12,17-21H2,1-2H3,(H,30,35)/t26-,29?/m0/s1. The number of nitrogens with zero attached hydrogens (tertiary/aromatic N) is 2. The summed E-state index contributed by atoms with van der Waals surface area (Å²) in [7, 11) is 0. The minimum absolute atomic E-state index is 0.0268. The zero-order valence-corrected chi connectivity index (χ0v) is 21.8. The zero-order valence-electron chi connectivity index (χ0n) is 21.8. The predicted octanol–water partition coefficient (Wildman–Crippen LogP) is 5.68. The van der Waals surface area contributed by atoms with Crippen molar-refractivity contribution < 1.29 is 9.59 Å². The summed E-state index contributed by atoms with van der Waals surface area (Å²) >= 11 is 0. The Labute approximate surface area is 211 Å². The van der Waals surface area contributed by atoms with E-state index in [0.29, 0.717) is 19.0 Å². The number of carbonyl (C=O) groups excluding carboxylic acids is 2. The van der Waals surface area contributed by atoms with Crippen LogP contribution in [-0.2, 0) is 17.9 Å². The van der Waals surface area contributed by atoms with E-state index in [9.17, 15) is 9.59 Å². The molecule has 6 nitrogen and oxygen atoms in total. The van der Waals surface area contributed by atoms with Crippen LogP contribution in [-0.4, -0.2) is 39.9 Å². The van der Waals surface area contributed by atoms with E-state index < -0.39 is 5.54 Å². The fourth-order valence-corrected chi connectivity index (χ4v) is 6.18. The van der Waals surface area contributed by atoms with Gasteiger partial charge in [0.05, 0.1) is 6.54 Å². The van der Waals surface area contributed by atoms with Crippen molar-refractivity contribution in [1.29, 1.82) is 0 Å². The van der Waals surface area contributed by atoms with Crippen LogP contribution in [0.15, 0.2) is 36.7 Å². The molecule has 2 N–H and O–H groups in total. The van der Waals surface area contributed by atoms with Gasteiger partial charge in [-0.3, -0.25) is 9.69 Å². The first-order valence-corrected chi connectivity index (χ1v) is 13.9. The molecule has 0 bridgehead atoms. The number of rotatable bonds is 11. The van der Waals surface area contributed by atoms with Gasteiger partial charge in [0.25, 0.3) is 5.91 Å². The van der Waals surface area contributed by atoms with Crippen LogP contribution in [0.2, 0.25) is 0 Å². The van der Waals surface area contributed by atoms with Crippen LogP contribution in [0, 0.1) is 5.92 Å². The summed E-state index contributed by atoms with van der Waals surface area (Å²) in [5.74, 6) is 1.56. The van der Waals surface area contributed by atoms with Gasteiger partial charge in [-0.25, -0.2) is 4.79 Å². The zero-order chi connectivity index (χ0) is 24.8. The average molecular weight is 481 g/mol. The van der Waals surface area contributed by atoms with Gasteiger partial charge in [-0.1, -0.05) is 96.1 Å². The maximum absolute atomic E-state index is 13.8. The molecular formula is C29H44N4O2. The largest absolute Gasteiger partial charge is 0.358 e. The molecule has 2 saturated heterocycles. The third-order valence-corrected chi connectivity index (χ3v) is 8.11. The number of carbonyl (C=O) groups is 2. The number of nitrogens with one attached hydrogen (secondary N) is 2. The lowest BCUT2D eigenvalue weighted by molar-refractivity contribution is -0.133. The van der Waals surface area contributed by atoms with Gasteiger partial charge in [0.1, 0.15) is 11.4 Å². The molecule has 35 heavy (non-hydrogen) atoms. The normalized spacial score (nSPS) is 25.3. The molecule has 6 heteroatoms. The lowest BCUT2D eigenvalue weighted by Crippen LogP contribution is -2.48. The summed E-state index contributed by atoms with van der Waals surface area (Å²) < 4.78 is 0. The molecule has 1 aliphatic carbocycles.